The molecule has 140 valence electrons. The lowest BCUT2D eigenvalue weighted by molar-refractivity contribution is -0.0212. The van der Waals surface area contributed by atoms with Crippen LogP contribution in [0.1, 0.15) is 97.6 Å². The molecule has 1 nitrogen and oxygen atoms in total. The zero-order valence-electron chi connectivity index (χ0n) is 17.8. The average molecular weight is 342 g/mol. The van der Waals surface area contributed by atoms with Crippen LogP contribution >= 0.6 is 0 Å². The molecule has 1 saturated carbocycles. The van der Waals surface area contributed by atoms with Crippen molar-refractivity contribution in [1.29, 1.82) is 0 Å². The largest absolute Gasteiger partial charge is 0.365 e. The molecule has 25 heavy (non-hydrogen) atoms. The van der Waals surface area contributed by atoms with Crippen LogP contribution in [0.5, 0.6) is 0 Å². The fourth-order valence-electron chi connectivity index (χ4n) is 5.89. The molecule has 1 aromatic rings. The molecule has 2 saturated heterocycles. The first-order chi connectivity index (χ1) is 11.6. The summed E-state index contributed by atoms with van der Waals surface area (Å²) in [7, 11) is 0. The summed E-state index contributed by atoms with van der Waals surface area (Å²) in [5.41, 5.74) is 5.48. The summed E-state index contributed by atoms with van der Waals surface area (Å²) in [6, 6.07) is 7.03. The Morgan fingerprint density at radius 2 is 1.52 bits per heavy atom. The predicted molar refractivity (Wildman–Crippen MR) is 111 cm³/mol. The van der Waals surface area contributed by atoms with Crippen molar-refractivity contribution in [3.05, 3.63) is 29.3 Å². The van der Waals surface area contributed by atoms with Gasteiger partial charge in [0.1, 0.15) is 0 Å². The highest BCUT2D eigenvalue weighted by Gasteiger charge is 2.56. The molecule has 3 atom stereocenters. The van der Waals surface area contributed by atoms with Gasteiger partial charge in [-0.1, -0.05) is 66.7 Å². The van der Waals surface area contributed by atoms with Crippen LogP contribution in [0.3, 0.4) is 0 Å². The van der Waals surface area contributed by atoms with Gasteiger partial charge >= 0.3 is 0 Å². The average Bonchev–Trinajstić information content (AvgIpc) is 2.53. The third kappa shape index (κ3) is 2.82. The van der Waals surface area contributed by atoms with E-state index in [-0.39, 0.29) is 0 Å². The molecule has 2 aliphatic heterocycles. The van der Waals surface area contributed by atoms with E-state index in [0.717, 1.165) is 11.8 Å². The molecular formula is C24H39N. The van der Waals surface area contributed by atoms with E-state index in [1.54, 1.807) is 16.8 Å². The molecule has 1 heteroatoms. The molecule has 2 heterocycles. The number of piperidine rings is 2. The minimum atomic E-state index is 0.324. The Morgan fingerprint density at radius 3 is 1.96 bits per heavy atom. The van der Waals surface area contributed by atoms with Gasteiger partial charge in [-0.05, 0) is 66.4 Å². The summed E-state index contributed by atoms with van der Waals surface area (Å²) in [6.45, 7) is 20.6. The van der Waals surface area contributed by atoms with E-state index >= 15 is 0 Å². The van der Waals surface area contributed by atoms with Crippen molar-refractivity contribution in [2.24, 2.45) is 17.3 Å². The number of benzene rings is 1. The Morgan fingerprint density at radius 1 is 0.960 bits per heavy atom. The summed E-state index contributed by atoms with van der Waals surface area (Å²) < 4.78 is 0. The lowest BCUT2D eigenvalue weighted by Gasteiger charge is -2.64. The third-order valence-corrected chi connectivity index (χ3v) is 7.72. The normalized spacial score (nSPS) is 32.3. The number of hydrogen-bond acceptors (Lipinski definition) is 1. The highest BCUT2D eigenvalue weighted by molar-refractivity contribution is 5.64. The highest BCUT2D eigenvalue weighted by Crippen LogP contribution is 2.59. The van der Waals surface area contributed by atoms with Crippen LogP contribution in [0.4, 0.5) is 5.69 Å². The van der Waals surface area contributed by atoms with Gasteiger partial charge in [0.15, 0.2) is 0 Å². The number of nitrogens with zero attached hydrogens (tertiary/aromatic N) is 1. The first-order valence-corrected chi connectivity index (χ1v) is 10.5. The maximum atomic E-state index is 2.86. The van der Waals surface area contributed by atoms with Gasteiger partial charge in [0.05, 0.1) is 0 Å². The van der Waals surface area contributed by atoms with Crippen molar-refractivity contribution in [3.63, 3.8) is 0 Å². The Hall–Kier alpha value is -0.980. The van der Waals surface area contributed by atoms with E-state index in [9.17, 15) is 0 Å². The number of anilines is 1. The molecule has 0 spiro atoms. The van der Waals surface area contributed by atoms with Gasteiger partial charge < -0.3 is 4.90 Å². The molecule has 0 aromatic heterocycles. The fourth-order valence-corrected chi connectivity index (χ4v) is 5.89. The van der Waals surface area contributed by atoms with Crippen LogP contribution in [0, 0.1) is 17.3 Å². The second kappa shape index (κ2) is 6.32. The Kier molecular flexibility index (Phi) is 4.75. The summed E-state index contributed by atoms with van der Waals surface area (Å²) in [5, 5.41) is 0. The van der Waals surface area contributed by atoms with Crippen LogP contribution < -0.4 is 4.90 Å². The monoisotopic (exact) mass is 341 g/mol. The van der Waals surface area contributed by atoms with E-state index in [1.165, 1.54) is 25.8 Å². The second-order valence-electron chi connectivity index (χ2n) is 10.2. The van der Waals surface area contributed by atoms with Crippen molar-refractivity contribution < 1.29 is 0 Å². The molecule has 0 unspecified atom stereocenters. The van der Waals surface area contributed by atoms with Crippen molar-refractivity contribution >= 4 is 5.69 Å². The third-order valence-electron chi connectivity index (χ3n) is 7.72. The molecule has 2 bridgehead atoms. The van der Waals surface area contributed by atoms with Gasteiger partial charge in [-0.25, -0.2) is 0 Å². The summed E-state index contributed by atoms with van der Waals surface area (Å²) >= 11 is 0. The van der Waals surface area contributed by atoms with E-state index in [4.69, 9.17) is 0 Å². The topological polar surface area (TPSA) is 3.24 Å². The molecular weight excluding hydrogens is 302 g/mol. The molecule has 4 rings (SSSR count). The van der Waals surface area contributed by atoms with Crippen LogP contribution in [-0.2, 0) is 0 Å². The standard InChI is InChI=1S/C24H39N/c1-16(2)20-10-9-11-21(17(3)4)22(20)25-15-24(18(5)6)13-12-23(25,8)14-19(24)7/h9-11,16-19H,12-15H2,1-8H3/t19-,23-,24-/m0/s1. The van der Waals surface area contributed by atoms with E-state index in [0.29, 0.717) is 22.8 Å². The van der Waals surface area contributed by atoms with Crippen LogP contribution in [0.25, 0.3) is 0 Å². The van der Waals surface area contributed by atoms with E-state index in [1.807, 2.05) is 0 Å². The fraction of sp³-hybridized carbons (Fsp3) is 0.750. The molecule has 0 N–H and O–H groups in total. The van der Waals surface area contributed by atoms with Gasteiger partial charge in [-0.2, -0.15) is 0 Å². The number of rotatable bonds is 4. The molecule has 3 aliphatic rings. The number of hydrogen-bond donors (Lipinski definition) is 0. The van der Waals surface area contributed by atoms with E-state index in [2.05, 4.69) is 78.5 Å². The SMILES string of the molecule is CC(C)c1cccc(C(C)C)c1N1C[C@]2(C(C)C)CC[C@@]1(C)C[C@@H]2C. The molecule has 1 aromatic carbocycles. The van der Waals surface area contributed by atoms with Crippen LogP contribution in [0.15, 0.2) is 18.2 Å². The minimum Gasteiger partial charge on any atom is -0.365 e. The zero-order chi connectivity index (χ0) is 18.6. The highest BCUT2D eigenvalue weighted by atomic mass is 15.2. The maximum absolute atomic E-state index is 2.86. The van der Waals surface area contributed by atoms with Crippen molar-refractivity contribution in [2.45, 2.75) is 92.0 Å². The molecule has 3 fully saturated rings. The smallest absolute Gasteiger partial charge is 0.0441 e. The Labute approximate surface area is 156 Å². The minimum absolute atomic E-state index is 0.324. The van der Waals surface area contributed by atoms with Crippen molar-refractivity contribution in [2.75, 3.05) is 11.4 Å². The van der Waals surface area contributed by atoms with Gasteiger partial charge in [-0.15, -0.1) is 0 Å². The van der Waals surface area contributed by atoms with Gasteiger partial charge in [0.2, 0.25) is 0 Å². The molecule has 1 aliphatic carbocycles. The Bertz CT molecular complexity index is 603. The second-order valence-corrected chi connectivity index (χ2v) is 10.2. The van der Waals surface area contributed by atoms with Gasteiger partial charge in [-0.3, -0.25) is 0 Å². The van der Waals surface area contributed by atoms with Crippen molar-refractivity contribution in [3.8, 4) is 0 Å². The molecule has 0 amide bonds. The van der Waals surface area contributed by atoms with Crippen LogP contribution in [-0.4, -0.2) is 12.1 Å². The molecule has 0 radical (unpaired) electrons. The van der Waals surface area contributed by atoms with Crippen molar-refractivity contribution in [1.82, 2.24) is 0 Å². The Balaban J connectivity index is 2.16. The number of para-hydroxylation sites is 1. The first-order valence-electron chi connectivity index (χ1n) is 10.5. The summed E-state index contributed by atoms with van der Waals surface area (Å²) in [4.78, 5) is 2.86. The maximum Gasteiger partial charge on any atom is 0.0441 e. The van der Waals surface area contributed by atoms with Crippen LogP contribution in [0.2, 0.25) is 0 Å². The zero-order valence-corrected chi connectivity index (χ0v) is 17.8. The lowest BCUT2D eigenvalue weighted by Crippen LogP contribution is -2.66. The first kappa shape index (κ1) is 18.8. The lowest BCUT2D eigenvalue weighted by atomic mass is 9.53. The quantitative estimate of drug-likeness (QED) is 0.571. The predicted octanol–water partition coefficient (Wildman–Crippen LogP) is 6.97. The summed E-state index contributed by atoms with van der Waals surface area (Å²) in [6.07, 6.45) is 4.09. The van der Waals surface area contributed by atoms with Gasteiger partial charge in [0.25, 0.3) is 0 Å². The van der Waals surface area contributed by atoms with Gasteiger partial charge in [0, 0.05) is 17.8 Å². The summed E-state index contributed by atoms with van der Waals surface area (Å²) in [5.74, 6) is 2.73. The number of fused-ring (bicyclic) bond motifs is 3. The van der Waals surface area contributed by atoms with E-state index < -0.39 is 0 Å².